The highest BCUT2D eigenvalue weighted by Crippen LogP contribution is 2.23. The summed E-state index contributed by atoms with van der Waals surface area (Å²) in [6, 6.07) is 11.0. The highest BCUT2D eigenvalue weighted by atomic mass is 16.5. The van der Waals surface area contributed by atoms with Gasteiger partial charge in [-0.1, -0.05) is 32.3 Å². The SMILES string of the molecule is CCCCCCOc1ccc(C(=O)C=Cc2cc(C)c(O)c(C)c2)cc1. The Morgan fingerprint density at radius 2 is 1.69 bits per heavy atom. The lowest BCUT2D eigenvalue weighted by Gasteiger charge is -2.06. The zero-order valence-corrected chi connectivity index (χ0v) is 15.9. The largest absolute Gasteiger partial charge is 0.507 e. The number of carbonyl (C=O) groups excluding carboxylic acids is 1. The third kappa shape index (κ3) is 5.76. The number of hydrogen-bond acceptors (Lipinski definition) is 3. The molecule has 2 aromatic carbocycles. The van der Waals surface area contributed by atoms with Crippen LogP contribution in [-0.4, -0.2) is 17.5 Å². The molecule has 0 saturated carbocycles. The van der Waals surface area contributed by atoms with E-state index in [1.54, 1.807) is 24.3 Å². The molecule has 2 rings (SSSR count). The number of rotatable bonds is 9. The van der Waals surface area contributed by atoms with Crippen LogP contribution in [0.1, 0.15) is 59.7 Å². The summed E-state index contributed by atoms with van der Waals surface area (Å²) < 4.78 is 5.70. The Labute approximate surface area is 156 Å². The minimum Gasteiger partial charge on any atom is -0.507 e. The number of aryl methyl sites for hydroxylation is 2. The molecule has 3 heteroatoms. The lowest BCUT2D eigenvalue weighted by atomic mass is 10.0. The van der Waals surface area contributed by atoms with Crippen molar-refractivity contribution in [2.24, 2.45) is 0 Å². The number of benzene rings is 2. The molecule has 0 aliphatic rings. The quantitative estimate of drug-likeness (QED) is 0.349. The van der Waals surface area contributed by atoms with Crippen LogP contribution in [0.5, 0.6) is 11.5 Å². The highest BCUT2D eigenvalue weighted by Gasteiger charge is 2.04. The molecule has 0 aromatic heterocycles. The molecular weight excluding hydrogens is 324 g/mol. The van der Waals surface area contributed by atoms with E-state index >= 15 is 0 Å². The van der Waals surface area contributed by atoms with Crippen molar-refractivity contribution in [1.82, 2.24) is 0 Å². The number of ketones is 1. The van der Waals surface area contributed by atoms with Crippen LogP contribution in [0.2, 0.25) is 0 Å². The number of phenols is 1. The molecule has 0 unspecified atom stereocenters. The van der Waals surface area contributed by atoms with Gasteiger partial charge in [-0.05, 0) is 79.4 Å². The van der Waals surface area contributed by atoms with Gasteiger partial charge in [-0.3, -0.25) is 4.79 Å². The van der Waals surface area contributed by atoms with Crippen LogP contribution >= 0.6 is 0 Å². The molecule has 138 valence electrons. The normalized spacial score (nSPS) is 11.0. The number of phenolic OH excluding ortho intramolecular Hbond substituents is 1. The molecule has 0 radical (unpaired) electrons. The van der Waals surface area contributed by atoms with Crippen molar-refractivity contribution >= 4 is 11.9 Å². The summed E-state index contributed by atoms with van der Waals surface area (Å²) in [6.45, 7) is 6.60. The average Bonchev–Trinajstić information content (AvgIpc) is 2.64. The molecule has 3 nitrogen and oxygen atoms in total. The van der Waals surface area contributed by atoms with Crippen molar-refractivity contribution in [3.8, 4) is 11.5 Å². The topological polar surface area (TPSA) is 46.5 Å². The van der Waals surface area contributed by atoms with Crippen LogP contribution in [-0.2, 0) is 0 Å². The van der Waals surface area contributed by atoms with E-state index in [9.17, 15) is 9.90 Å². The van der Waals surface area contributed by atoms with Gasteiger partial charge in [0.25, 0.3) is 0 Å². The van der Waals surface area contributed by atoms with E-state index in [-0.39, 0.29) is 5.78 Å². The highest BCUT2D eigenvalue weighted by molar-refractivity contribution is 6.06. The molecule has 26 heavy (non-hydrogen) atoms. The summed E-state index contributed by atoms with van der Waals surface area (Å²) in [6.07, 6.45) is 8.04. The van der Waals surface area contributed by atoms with Crippen molar-refractivity contribution in [3.05, 3.63) is 64.7 Å². The third-order valence-electron chi connectivity index (χ3n) is 4.35. The predicted molar refractivity (Wildman–Crippen MR) is 107 cm³/mol. The molecular formula is C23H28O3. The van der Waals surface area contributed by atoms with Gasteiger partial charge < -0.3 is 9.84 Å². The molecule has 0 spiro atoms. The number of allylic oxidation sites excluding steroid dienone is 1. The first-order chi connectivity index (χ1) is 12.5. The summed E-state index contributed by atoms with van der Waals surface area (Å²) >= 11 is 0. The second-order valence-electron chi connectivity index (χ2n) is 6.63. The lowest BCUT2D eigenvalue weighted by Crippen LogP contribution is -1.98. The van der Waals surface area contributed by atoms with Crippen molar-refractivity contribution in [2.75, 3.05) is 6.61 Å². The summed E-state index contributed by atoms with van der Waals surface area (Å²) in [4.78, 5) is 12.3. The van der Waals surface area contributed by atoms with Gasteiger partial charge in [-0.2, -0.15) is 0 Å². The summed E-state index contributed by atoms with van der Waals surface area (Å²) in [5, 5.41) is 9.81. The van der Waals surface area contributed by atoms with Crippen molar-refractivity contribution in [1.29, 1.82) is 0 Å². The molecule has 0 bridgehead atoms. The third-order valence-corrected chi connectivity index (χ3v) is 4.35. The molecule has 0 atom stereocenters. The fraction of sp³-hybridized carbons (Fsp3) is 0.348. The summed E-state index contributed by atoms with van der Waals surface area (Å²) in [5.74, 6) is 1.05. The average molecular weight is 352 g/mol. The number of unbranched alkanes of at least 4 members (excludes halogenated alkanes) is 3. The Hall–Kier alpha value is -2.55. The Bertz CT molecular complexity index is 735. The molecule has 0 heterocycles. The van der Waals surface area contributed by atoms with Gasteiger partial charge in [0.05, 0.1) is 6.61 Å². The Morgan fingerprint density at radius 3 is 2.31 bits per heavy atom. The standard InChI is InChI=1S/C23H28O3/c1-4-5-6-7-14-26-21-11-9-20(10-12-21)22(24)13-8-19-15-17(2)23(25)18(3)16-19/h8-13,15-16,25H,4-7,14H2,1-3H3. The van der Waals surface area contributed by atoms with Crippen LogP contribution in [0.4, 0.5) is 0 Å². The molecule has 0 saturated heterocycles. The number of aromatic hydroxyl groups is 1. The van der Waals surface area contributed by atoms with Gasteiger partial charge >= 0.3 is 0 Å². The fourth-order valence-electron chi connectivity index (χ4n) is 2.79. The van der Waals surface area contributed by atoms with Gasteiger partial charge in [0, 0.05) is 5.56 Å². The van der Waals surface area contributed by atoms with E-state index in [4.69, 9.17) is 4.74 Å². The van der Waals surface area contributed by atoms with Gasteiger partial charge in [-0.15, -0.1) is 0 Å². The lowest BCUT2D eigenvalue weighted by molar-refractivity contribution is 0.104. The first-order valence-electron chi connectivity index (χ1n) is 9.26. The maximum Gasteiger partial charge on any atom is 0.185 e. The first kappa shape index (κ1) is 19.8. The molecule has 0 aliphatic heterocycles. The number of hydrogen-bond donors (Lipinski definition) is 1. The predicted octanol–water partition coefficient (Wildman–Crippen LogP) is 5.86. The smallest absolute Gasteiger partial charge is 0.185 e. The number of ether oxygens (including phenoxy) is 1. The number of carbonyl (C=O) groups is 1. The zero-order valence-electron chi connectivity index (χ0n) is 15.9. The van der Waals surface area contributed by atoms with E-state index < -0.39 is 0 Å². The van der Waals surface area contributed by atoms with Crippen molar-refractivity contribution < 1.29 is 14.6 Å². The second kappa shape index (κ2) is 9.81. The van der Waals surface area contributed by atoms with Gasteiger partial charge in [0.2, 0.25) is 0 Å². The fourth-order valence-corrected chi connectivity index (χ4v) is 2.79. The van der Waals surface area contributed by atoms with E-state index in [1.165, 1.54) is 19.3 Å². The van der Waals surface area contributed by atoms with Gasteiger partial charge in [0.15, 0.2) is 5.78 Å². The Morgan fingerprint density at radius 1 is 1.04 bits per heavy atom. The minimum atomic E-state index is -0.0529. The van der Waals surface area contributed by atoms with Gasteiger partial charge in [-0.25, -0.2) is 0 Å². The van der Waals surface area contributed by atoms with Crippen LogP contribution in [0.25, 0.3) is 6.08 Å². The van der Waals surface area contributed by atoms with Crippen LogP contribution in [0, 0.1) is 13.8 Å². The molecule has 0 fully saturated rings. The van der Waals surface area contributed by atoms with Crippen molar-refractivity contribution in [3.63, 3.8) is 0 Å². The maximum atomic E-state index is 12.3. The molecule has 0 amide bonds. The molecule has 1 N–H and O–H groups in total. The molecule has 0 aliphatic carbocycles. The summed E-state index contributed by atoms with van der Waals surface area (Å²) in [7, 11) is 0. The van der Waals surface area contributed by atoms with E-state index in [2.05, 4.69) is 6.92 Å². The minimum absolute atomic E-state index is 0.0529. The van der Waals surface area contributed by atoms with Crippen LogP contribution in [0.15, 0.2) is 42.5 Å². The van der Waals surface area contributed by atoms with Gasteiger partial charge in [0.1, 0.15) is 11.5 Å². The van der Waals surface area contributed by atoms with E-state index in [0.29, 0.717) is 17.9 Å². The van der Waals surface area contributed by atoms with E-state index in [0.717, 1.165) is 28.9 Å². The zero-order chi connectivity index (χ0) is 18.9. The monoisotopic (exact) mass is 352 g/mol. The first-order valence-corrected chi connectivity index (χ1v) is 9.26. The van der Waals surface area contributed by atoms with Crippen LogP contribution < -0.4 is 4.74 Å². The second-order valence-corrected chi connectivity index (χ2v) is 6.63. The Kier molecular flexibility index (Phi) is 7.46. The summed E-state index contributed by atoms with van der Waals surface area (Å²) in [5.41, 5.74) is 3.14. The van der Waals surface area contributed by atoms with E-state index in [1.807, 2.05) is 38.1 Å². The maximum absolute atomic E-state index is 12.3. The van der Waals surface area contributed by atoms with Crippen molar-refractivity contribution in [2.45, 2.75) is 46.5 Å². The molecule has 2 aromatic rings. The van der Waals surface area contributed by atoms with Crippen LogP contribution in [0.3, 0.4) is 0 Å². The Balaban J connectivity index is 1.93.